The molecule has 0 radical (unpaired) electrons. The van der Waals surface area contributed by atoms with Crippen LogP contribution < -0.4 is 0 Å². The van der Waals surface area contributed by atoms with E-state index in [9.17, 15) is 9.59 Å². The Balaban J connectivity index is 2.79. The number of hydrogen-bond acceptors (Lipinski definition) is 6. The highest BCUT2D eigenvalue weighted by molar-refractivity contribution is 5.86. The molecule has 0 spiro atoms. The molecule has 1 aliphatic rings. The van der Waals surface area contributed by atoms with E-state index in [1.807, 2.05) is 13.8 Å². The minimum Gasteiger partial charge on any atom is -0.467 e. The average Bonchev–Trinajstić information content (AvgIpc) is 2.71. The maximum Gasteiger partial charge on any atom is 0.338 e. The number of esters is 2. The third kappa shape index (κ3) is 2.51. The average molecular weight is 232 g/mol. The third-order valence-electron chi connectivity index (χ3n) is 2.25. The Morgan fingerprint density at radius 3 is 1.62 bits per heavy atom. The van der Waals surface area contributed by atoms with Crippen molar-refractivity contribution in [1.29, 1.82) is 0 Å². The van der Waals surface area contributed by atoms with E-state index in [1.165, 1.54) is 14.2 Å². The molecule has 92 valence electrons. The maximum absolute atomic E-state index is 11.4. The molecule has 0 aromatic heterocycles. The molecule has 0 saturated carbocycles. The van der Waals surface area contributed by atoms with Gasteiger partial charge in [0, 0.05) is 5.92 Å². The SMILES string of the molecule is COC(=O)[C@@H]1OC(C(C)C)O[C@H]1C(=O)OC. The predicted octanol–water partition coefficient (Wildman–Crippen LogP) is 0.0985. The lowest BCUT2D eigenvalue weighted by molar-refractivity contribution is -0.160. The number of hydrogen-bond donors (Lipinski definition) is 0. The standard InChI is InChI=1S/C10H16O6/c1-5(2)10-15-6(8(11)13-3)7(16-10)9(12)14-4/h5-7,10H,1-4H3/t6-,7-/m1/s1. The molecule has 1 aliphatic heterocycles. The summed E-state index contributed by atoms with van der Waals surface area (Å²) in [6.45, 7) is 3.72. The van der Waals surface area contributed by atoms with Crippen LogP contribution in [-0.2, 0) is 28.5 Å². The van der Waals surface area contributed by atoms with Crippen LogP contribution in [0.3, 0.4) is 0 Å². The van der Waals surface area contributed by atoms with Gasteiger partial charge in [-0.25, -0.2) is 9.59 Å². The van der Waals surface area contributed by atoms with Gasteiger partial charge in [-0.05, 0) is 0 Å². The molecular weight excluding hydrogens is 216 g/mol. The molecule has 0 unspecified atom stereocenters. The van der Waals surface area contributed by atoms with Crippen molar-refractivity contribution in [3.63, 3.8) is 0 Å². The highest BCUT2D eigenvalue weighted by Crippen LogP contribution is 2.25. The highest BCUT2D eigenvalue weighted by Gasteiger charge is 2.47. The summed E-state index contributed by atoms with van der Waals surface area (Å²) in [5, 5.41) is 0. The van der Waals surface area contributed by atoms with Crippen LogP contribution in [0.5, 0.6) is 0 Å². The Morgan fingerprint density at radius 1 is 1.00 bits per heavy atom. The van der Waals surface area contributed by atoms with E-state index in [2.05, 4.69) is 9.47 Å². The number of carbonyl (C=O) groups excluding carboxylic acids is 2. The Kier molecular flexibility index (Phi) is 4.26. The molecule has 16 heavy (non-hydrogen) atoms. The lowest BCUT2D eigenvalue weighted by Crippen LogP contribution is -2.38. The van der Waals surface area contributed by atoms with E-state index in [-0.39, 0.29) is 5.92 Å². The Bertz CT molecular complexity index is 250. The smallest absolute Gasteiger partial charge is 0.338 e. The molecule has 0 aromatic carbocycles. The zero-order chi connectivity index (χ0) is 12.3. The Morgan fingerprint density at radius 2 is 1.38 bits per heavy atom. The molecule has 0 aromatic rings. The summed E-state index contributed by atoms with van der Waals surface area (Å²) >= 11 is 0. The molecule has 2 atom stereocenters. The van der Waals surface area contributed by atoms with Crippen molar-refractivity contribution >= 4 is 11.9 Å². The molecule has 1 fully saturated rings. The lowest BCUT2D eigenvalue weighted by atomic mass is 10.2. The zero-order valence-electron chi connectivity index (χ0n) is 9.76. The van der Waals surface area contributed by atoms with Crippen molar-refractivity contribution in [2.24, 2.45) is 5.92 Å². The molecule has 0 aliphatic carbocycles. The van der Waals surface area contributed by atoms with Gasteiger partial charge in [-0.15, -0.1) is 0 Å². The molecule has 1 heterocycles. The normalized spacial score (nSPS) is 25.8. The lowest BCUT2D eigenvalue weighted by Gasteiger charge is -2.12. The first kappa shape index (κ1) is 12.9. The van der Waals surface area contributed by atoms with Crippen molar-refractivity contribution in [3.05, 3.63) is 0 Å². The van der Waals surface area contributed by atoms with Gasteiger partial charge in [0.15, 0.2) is 18.5 Å². The van der Waals surface area contributed by atoms with Gasteiger partial charge in [-0.3, -0.25) is 0 Å². The summed E-state index contributed by atoms with van der Waals surface area (Å²) in [6.07, 6.45) is -2.71. The first-order valence-corrected chi connectivity index (χ1v) is 4.97. The van der Waals surface area contributed by atoms with Gasteiger partial charge in [-0.2, -0.15) is 0 Å². The van der Waals surface area contributed by atoms with Gasteiger partial charge in [0.1, 0.15) is 0 Å². The quantitative estimate of drug-likeness (QED) is 0.643. The van der Waals surface area contributed by atoms with Crippen LogP contribution >= 0.6 is 0 Å². The van der Waals surface area contributed by atoms with Crippen LogP contribution in [-0.4, -0.2) is 44.7 Å². The van der Waals surface area contributed by atoms with E-state index >= 15 is 0 Å². The van der Waals surface area contributed by atoms with Crippen molar-refractivity contribution < 1.29 is 28.5 Å². The molecule has 0 N–H and O–H groups in total. The summed E-state index contributed by atoms with van der Waals surface area (Å²) < 4.78 is 19.7. The van der Waals surface area contributed by atoms with E-state index in [0.717, 1.165) is 0 Å². The second kappa shape index (κ2) is 5.27. The second-order valence-electron chi connectivity index (χ2n) is 3.77. The number of carbonyl (C=O) groups is 2. The molecular formula is C10H16O6. The maximum atomic E-state index is 11.4. The van der Waals surface area contributed by atoms with Gasteiger partial charge in [0.25, 0.3) is 0 Å². The minimum absolute atomic E-state index is 0.0295. The molecule has 6 nitrogen and oxygen atoms in total. The first-order chi connectivity index (χ1) is 7.51. The fourth-order valence-corrected chi connectivity index (χ4v) is 1.37. The van der Waals surface area contributed by atoms with Gasteiger partial charge < -0.3 is 18.9 Å². The molecule has 6 heteroatoms. The number of ether oxygens (including phenoxy) is 4. The third-order valence-corrected chi connectivity index (χ3v) is 2.25. The molecule has 1 rings (SSSR count). The predicted molar refractivity (Wildman–Crippen MR) is 52.4 cm³/mol. The van der Waals surface area contributed by atoms with E-state index in [4.69, 9.17) is 9.47 Å². The van der Waals surface area contributed by atoms with Crippen LogP contribution in [0.25, 0.3) is 0 Å². The van der Waals surface area contributed by atoms with E-state index < -0.39 is 30.4 Å². The van der Waals surface area contributed by atoms with Crippen LogP contribution in [0.4, 0.5) is 0 Å². The number of rotatable bonds is 3. The van der Waals surface area contributed by atoms with Crippen LogP contribution in [0, 0.1) is 5.92 Å². The summed E-state index contributed by atoms with van der Waals surface area (Å²) in [5.41, 5.74) is 0. The van der Waals surface area contributed by atoms with Crippen molar-refractivity contribution in [3.8, 4) is 0 Å². The topological polar surface area (TPSA) is 71.1 Å². The summed E-state index contributed by atoms with van der Waals surface area (Å²) in [5.74, 6) is -1.25. The van der Waals surface area contributed by atoms with Crippen molar-refractivity contribution in [2.45, 2.75) is 32.3 Å². The second-order valence-corrected chi connectivity index (χ2v) is 3.77. The van der Waals surface area contributed by atoms with Gasteiger partial charge in [-0.1, -0.05) is 13.8 Å². The fourth-order valence-electron chi connectivity index (χ4n) is 1.37. The van der Waals surface area contributed by atoms with E-state index in [1.54, 1.807) is 0 Å². The van der Waals surface area contributed by atoms with Crippen molar-refractivity contribution in [1.82, 2.24) is 0 Å². The van der Waals surface area contributed by atoms with Crippen molar-refractivity contribution in [2.75, 3.05) is 14.2 Å². The summed E-state index contributed by atoms with van der Waals surface area (Å²) in [4.78, 5) is 22.8. The molecule has 0 bridgehead atoms. The zero-order valence-corrected chi connectivity index (χ0v) is 9.76. The van der Waals surface area contributed by atoms with Crippen LogP contribution in [0.1, 0.15) is 13.8 Å². The Hall–Kier alpha value is -1.14. The first-order valence-electron chi connectivity index (χ1n) is 4.97. The fraction of sp³-hybridized carbons (Fsp3) is 0.800. The summed E-state index contributed by atoms with van der Waals surface area (Å²) in [6, 6.07) is 0. The highest BCUT2D eigenvalue weighted by atomic mass is 16.8. The monoisotopic (exact) mass is 232 g/mol. The van der Waals surface area contributed by atoms with Gasteiger partial charge in [0.2, 0.25) is 0 Å². The number of methoxy groups -OCH3 is 2. The van der Waals surface area contributed by atoms with Gasteiger partial charge >= 0.3 is 11.9 Å². The van der Waals surface area contributed by atoms with E-state index in [0.29, 0.717) is 0 Å². The minimum atomic E-state index is -1.05. The van der Waals surface area contributed by atoms with Gasteiger partial charge in [0.05, 0.1) is 14.2 Å². The molecule has 0 amide bonds. The largest absolute Gasteiger partial charge is 0.467 e. The summed E-state index contributed by atoms with van der Waals surface area (Å²) in [7, 11) is 2.45. The van der Waals surface area contributed by atoms with Crippen LogP contribution in [0.2, 0.25) is 0 Å². The van der Waals surface area contributed by atoms with Crippen LogP contribution in [0.15, 0.2) is 0 Å². The Labute approximate surface area is 93.8 Å². The molecule has 1 saturated heterocycles.